The summed E-state index contributed by atoms with van der Waals surface area (Å²) in [5.74, 6) is -0.928. The number of nitro benzene ring substituents is 1. The van der Waals surface area contributed by atoms with Crippen LogP contribution in [0, 0.1) is 10.1 Å². The average Bonchev–Trinajstić information content (AvgIpc) is 2.37. The van der Waals surface area contributed by atoms with Gasteiger partial charge in [0.25, 0.3) is 0 Å². The number of carboxylic acids is 1. The summed E-state index contributed by atoms with van der Waals surface area (Å²) in [5.41, 5.74) is -0.316. The van der Waals surface area contributed by atoms with Crippen molar-refractivity contribution in [3.8, 4) is 11.5 Å². The molecule has 0 fully saturated rings. The van der Waals surface area contributed by atoms with Crippen molar-refractivity contribution in [3.05, 3.63) is 33.4 Å². The summed E-state index contributed by atoms with van der Waals surface area (Å²) in [7, 11) is 2.64. The molecule has 19 heavy (non-hydrogen) atoms. The van der Waals surface area contributed by atoms with E-state index in [1.165, 1.54) is 39.4 Å². The molecule has 1 aromatic carbocycles. The molecule has 0 heterocycles. The van der Waals surface area contributed by atoms with E-state index < -0.39 is 10.9 Å². The standard InChI is InChI=1S/C12H13NO6/c1-7(12(14)15)6-8-9(18-2)4-5-10(19-3)11(8)13(16)17/h4-6H,1-3H3,(H,14,15)/b7-6+. The van der Waals surface area contributed by atoms with Crippen LogP contribution >= 0.6 is 0 Å². The van der Waals surface area contributed by atoms with Gasteiger partial charge in [-0.2, -0.15) is 0 Å². The fourth-order valence-corrected chi connectivity index (χ4v) is 1.52. The van der Waals surface area contributed by atoms with Crippen molar-refractivity contribution < 1.29 is 24.3 Å². The molecule has 0 spiro atoms. The summed E-state index contributed by atoms with van der Waals surface area (Å²) >= 11 is 0. The number of nitrogens with zero attached hydrogens (tertiary/aromatic N) is 1. The molecule has 0 aliphatic heterocycles. The lowest BCUT2D eigenvalue weighted by Gasteiger charge is -2.09. The van der Waals surface area contributed by atoms with E-state index >= 15 is 0 Å². The van der Waals surface area contributed by atoms with Gasteiger partial charge in [0.1, 0.15) is 5.75 Å². The highest BCUT2D eigenvalue weighted by atomic mass is 16.6. The molecule has 1 aromatic rings. The van der Waals surface area contributed by atoms with Crippen molar-refractivity contribution in [2.75, 3.05) is 14.2 Å². The fraction of sp³-hybridized carbons (Fsp3) is 0.250. The van der Waals surface area contributed by atoms with E-state index in [-0.39, 0.29) is 28.3 Å². The van der Waals surface area contributed by atoms with Gasteiger partial charge in [-0.15, -0.1) is 0 Å². The van der Waals surface area contributed by atoms with Crippen LogP contribution in [0.15, 0.2) is 17.7 Å². The Morgan fingerprint density at radius 1 is 1.32 bits per heavy atom. The Hall–Kier alpha value is -2.57. The Bertz CT molecular complexity index is 549. The molecule has 1 N–H and O–H groups in total. The summed E-state index contributed by atoms with van der Waals surface area (Å²) in [4.78, 5) is 21.3. The number of ether oxygens (including phenoxy) is 2. The predicted molar refractivity (Wildman–Crippen MR) is 67.5 cm³/mol. The molecule has 102 valence electrons. The second-order valence-electron chi connectivity index (χ2n) is 3.62. The van der Waals surface area contributed by atoms with Crippen LogP contribution < -0.4 is 9.47 Å². The highest BCUT2D eigenvalue weighted by Crippen LogP contribution is 2.38. The molecular formula is C12H13NO6. The highest BCUT2D eigenvalue weighted by molar-refractivity contribution is 5.93. The van der Waals surface area contributed by atoms with Crippen molar-refractivity contribution in [1.29, 1.82) is 0 Å². The number of aliphatic carboxylic acids is 1. The maximum absolute atomic E-state index is 11.1. The monoisotopic (exact) mass is 267 g/mol. The van der Waals surface area contributed by atoms with Crippen LogP contribution in [0.4, 0.5) is 5.69 Å². The zero-order valence-corrected chi connectivity index (χ0v) is 10.7. The normalized spacial score (nSPS) is 11.0. The van der Waals surface area contributed by atoms with Crippen molar-refractivity contribution in [3.63, 3.8) is 0 Å². The van der Waals surface area contributed by atoms with Gasteiger partial charge in [-0.1, -0.05) is 0 Å². The molecule has 0 unspecified atom stereocenters. The lowest BCUT2D eigenvalue weighted by molar-refractivity contribution is -0.386. The quantitative estimate of drug-likeness (QED) is 0.498. The first-order valence-corrected chi connectivity index (χ1v) is 5.23. The van der Waals surface area contributed by atoms with Crippen molar-refractivity contribution in [1.82, 2.24) is 0 Å². The molecule has 0 saturated heterocycles. The molecule has 0 bridgehead atoms. The number of benzene rings is 1. The van der Waals surface area contributed by atoms with E-state index in [4.69, 9.17) is 14.6 Å². The molecule has 0 saturated carbocycles. The van der Waals surface area contributed by atoms with Crippen LogP contribution in [0.3, 0.4) is 0 Å². The van der Waals surface area contributed by atoms with Gasteiger partial charge >= 0.3 is 11.7 Å². The van der Waals surface area contributed by atoms with Gasteiger partial charge in [0.15, 0.2) is 5.75 Å². The second-order valence-corrected chi connectivity index (χ2v) is 3.62. The van der Waals surface area contributed by atoms with E-state index in [9.17, 15) is 14.9 Å². The van der Waals surface area contributed by atoms with Gasteiger partial charge in [0, 0.05) is 5.57 Å². The molecule has 0 aliphatic rings. The first-order valence-electron chi connectivity index (χ1n) is 5.23. The Balaban J connectivity index is 3.61. The minimum Gasteiger partial charge on any atom is -0.496 e. The molecule has 7 heteroatoms. The summed E-state index contributed by atoms with van der Waals surface area (Å²) in [5, 5.41) is 20.0. The first-order chi connectivity index (χ1) is 8.92. The number of nitro groups is 1. The van der Waals surface area contributed by atoms with Crippen LogP contribution in [0.5, 0.6) is 11.5 Å². The molecule has 7 nitrogen and oxygen atoms in total. The van der Waals surface area contributed by atoms with Gasteiger partial charge in [0.2, 0.25) is 0 Å². The van der Waals surface area contributed by atoms with E-state index in [1.807, 2.05) is 0 Å². The van der Waals surface area contributed by atoms with Crippen LogP contribution in [-0.2, 0) is 4.79 Å². The molecule has 0 aliphatic carbocycles. The van der Waals surface area contributed by atoms with Gasteiger partial charge < -0.3 is 14.6 Å². The zero-order chi connectivity index (χ0) is 14.6. The third-order valence-corrected chi connectivity index (χ3v) is 2.46. The van der Waals surface area contributed by atoms with Crippen LogP contribution in [-0.4, -0.2) is 30.2 Å². The predicted octanol–water partition coefficient (Wildman–Crippen LogP) is 2.10. The van der Waals surface area contributed by atoms with Gasteiger partial charge in [-0.3, -0.25) is 10.1 Å². The third kappa shape index (κ3) is 3.01. The molecule has 0 radical (unpaired) electrons. The molecular weight excluding hydrogens is 254 g/mol. The summed E-state index contributed by atoms with van der Waals surface area (Å²) < 4.78 is 9.93. The SMILES string of the molecule is COc1ccc(OC)c([N+](=O)[O-])c1/C=C(\C)C(=O)O. The Morgan fingerprint density at radius 3 is 2.26 bits per heavy atom. The number of carbonyl (C=O) groups is 1. The number of carboxylic acid groups (broad SMARTS) is 1. The summed E-state index contributed by atoms with van der Waals surface area (Å²) in [6.45, 7) is 1.34. The van der Waals surface area contributed by atoms with Crippen molar-refractivity contribution >= 4 is 17.7 Å². The van der Waals surface area contributed by atoms with E-state index in [0.29, 0.717) is 0 Å². The highest BCUT2D eigenvalue weighted by Gasteiger charge is 2.24. The molecule has 0 aromatic heterocycles. The maximum Gasteiger partial charge on any atom is 0.331 e. The molecule has 0 amide bonds. The lowest BCUT2D eigenvalue weighted by Crippen LogP contribution is -2.01. The Morgan fingerprint density at radius 2 is 1.84 bits per heavy atom. The second kappa shape index (κ2) is 5.85. The number of rotatable bonds is 5. The topological polar surface area (TPSA) is 98.9 Å². The van der Waals surface area contributed by atoms with E-state index in [0.717, 1.165) is 0 Å². The van der Waals surface area contributed by atoms with Crippen LogP contribution in [0.25, 0.3) is 6.08 Å². The van der Waals surface area contributed by atoms with E-state index in [1.54, 1.807) is 0 Å². The Kier molecular flexibility index (Phi) is 4.46. The first kappa shape index (κ1) is 14.5. The number of hydrogen-bond donors (Lipinski definition) is 1. The summed E-state index contributed by atoms with van der Waals surface area (Å²) in [6.07, 6.45) is 1.18. The number of hydrogen-bond acceptors (Lipinski definition) is 5. The minimum absolute atomic E-state index is 0.0373. The van der Waals surface area contributed by atoms with Gasteiger partial charge in [-0.05, 0) is 25.1 Å². The van der Waals surface area contributed by atoms with Crippen LogP contribution in [0.1, 0.15) is 12.5 Å². The van der Waals surface area contributed by atoms with Crippen molar-refractivity contribution in [2.24, 2.45) is 0 Å². The van der Waals surface area contributed by atoms with Gasteiger partial charge in [-0.25, -0.2) is 4.79 Å². The molecule has 0 atom stereocenters. The number of methoxy groups -OCH3 is 2. The minimum atomic E-state index is -1.17. The van der Waals surface area contributed by atoms with Gasteiger partial charge in [0.05, 0.1) is 24.7 Å². The zero-order valence-electron chi connectivity index (χ0n) is 10.7. The molecule has 1 rings (SSSR count). The van der Waals surface area contributed by atoms with Crippen LogP contribution in [0.2, 0.25) is 0 Å². The Labute approximate surface area is 109 Å². The maximum atomic E-state index is 11.1. The van der Waals surface area contributed by atoms with Crippen molar-refractivity contribution in [2.45, 2.75) is 6.92 Å². The third-order valence-electron chi connectivity index (χ3n) is 2.46. The summed E-state index contributed by atoms with van der Waals surface area (Å²) in [6, 6.07) is 2.87. The fourth-order valence-electron chi connectivity index (χ4n) is 1.52. The lowest BCUT2D eigenvalue weighted by atomic mass is 10.1. The largest absolute Gasteiger partial charge is 0.496 e. The smallest absolute Gasteiger partial charge is 0.331 e. The average molecular weight is 267 g/mol. The van der Waals surface area contributed by atoms with E-state index in [2.05, 4.69) is 0 Å².